The normalized spacial score (nSPS) is 11.7. The Morgan fingerprint density at radius 2 is 1.77 bits per heavy atom. The number of ketones is 1. The molecular weight excluding hydrogens is 406 g/mol. The van der Waals surface area contributed by atoms with Gasteiger partial charge >= 0.3 is 5.97 Å². The quantitative estimate of drug-likeness (QED) is 0.554. The maximum absolute atomic E-state index is 12.7. The summed E-state index contributed by atoms with van der Waals surface area (Å²) in [4.78, 5) is 27.2. The molecular formula is C22H19NO6S. The number of phenolic OH excluding ortho intramolecular Hbond substituents is 1. The first kappa shape index (κ1) is 21.2. The molecule has 0 aliphatic heterocycles. The molecule has 0 fully saturated rings. The van der Waals surface area contributed by atoms with E-state index in [0.717, 1.165) is 5.56 Å². The second-order valence-corrected chi connectivity index (χ2v) is 8.04. The molecule has 8 heteroatoms. The SMILES string of the molecule is CC(=O)c1ccc(OCc2ccc(S(=O)c3cncc(C(=O)O)c3)cc2)c(C)c1O. The van der Waals surface area contributed by atoms with Crippen molar-refractivity contribution >= 4 is 22.6 Å². The molecule has 0 bridgehead atoms. The lowest BCUT2D eigenvalue weighted by Gasteiger charge is -2.12. The lowest BCUT2D eigenvalue weighted by molar-refractivity contribution is 0.0696. The maximum Gasteiger partial charge on any atom is 0.337 e. The van der Waals surface area contributed by atoms with Crippen LogP contribution in [0.25, 0.3) is 0 Å². The van der Waals surface area contributed by atoms with Gasteiger partial charge in [0, 0.05) is 22.9 Å². The van der Waals surface area contributed by atoms with Crippen molar-refractivity contribution in [2.24, 2.45) is 0 Å². The summed E-state index contributed by atoms with van der Waals surface area (Å²) < 4.78 is 18.4. The molecule has 1 heterocycles. The van der Waals surface area contributed by atoms with Crippen LogP contribution in [0, 0.1) is 6.92 Å². The summed E-state index contributed by atoms with van der Waals surface area (Å²) in [5, 5.41) is 19.2. The van der Waals surface area contributed by atoms with Gasteiger partial charge in [0.1, 0.15) is 18.1 Å². The van der Waals surface area contributed by atoms with Crippen LogP contribution in [-0.4, -0.2) is 31.2 Å². The van der Waals surface area contributed by atoms with Crippen molar-refractivity contribution in [3.05, 3.63) is 77.1 Å². The van der Waals surface area contributed by atoms with Gasteiger partial charge in [-0.15, -0.1) is 0 Å². The highest BCUT2D eigenvalue weighted by atomic mass is 32.2. The highest BCUT2D eigenvalue weighted by Crippen LogP contribution is 2.31. The number of phenols is 1. The summed E-state index contributed by atoms with van der Waals surface area (Å²) in [5.41, 5.74) is 1.50. The molecule has 30 heavy (non-hydrogen) atoms. The lowest BCUT2D eigenvalue weighted by Crippen LogP contribution is -2.02. The molecule has 0 radical (unpaired) electrons. The lowest BCUT2D eigenvalue weighted by atomic mass is 10.1. The van der Waals surface area contributed by atoms with Crippen molar-refractivity contribution in [3.8, 4) is 11.5 Å². The van der Waals surface area contributed by atoms with Crippen molar-refractivity contribution in [1.82, 2.24) is 4.98 Å². The van der Waals surface area contributed by atoms with Gasteiger partial charge < -0.3 is 14.9 Å². The van der Waals surface area contributed by atoms with Crippen molar-refractivity contribution in [1.29, 1.82) is 0 Å². The van der Waals surface area contributed by atoms with Crippen LogP contribution in [0.1, 0.15) is 38.8 Å². The monoisotopic (exact) mass is 425 g/mol. The van der Waals surface area contributed by atoms with Gasteiger partial charge in [-0.3, -0.25) is 9.78 Å². The zero-order chi connectivity index (χ0) is 21.8. The predicted molar refractivity (Wildman–Crippen MR) is 109 cm³/mol. The predicted octanol–water partition coefficient (Wildman–Crippen LogP) is 3.74. The van der Waals surface area contributed by atoms with E-state index in [9.17, 15) is 18.9 Å². The topological polar surface area (TPSA) is 114 Å². The second-order valence-electron chi connectivity index (χ2n) is 6.56. The van der Waals surface area contributed by atoms with Crippen LogP contribution in [-0.2, 0) is 17.4 Å². The largest absolute Gasteiger partial charge is 0.507 e. The van der Waals surface area contributed by atoms with E-state index < -0.39 is 16.8 Å². The highest BCUT2D eigenvalue weighted by Gasteiger charge is 2.14. The molecule has 1 atom stereocenters. The molecule has 1 aromatic heterocycles. The average Bonchev–Trinajstić information content (AvgIpc) is 2.74. The molecule has 3 rings (SSSR count). The highest BCUT2D eigenvalue weighted by molar-refractivity contribution is 7.85. The number of rotatable bonds is 7. The molecule has 0 saturated carbocycles. The van der Waals surface area contributed by atoms with Gasteiger partial charge in [-0.25, -0.2) is 9.00 Å². The van der Waals surface area contributed by atoms with E-state index in [-0.39, 0.29) is 29.3 Å². The second kappa shape index (κ2) is 8.87. The van der Waals surface area contributed by atoms with Gasteiger partial charge in [0.25, 0.3) is 0 Å². The van der Waals surface area contributed by atoms with E-state index in [2.05, 4.69) is 4.98 Å². The van der Waals surface area contributed by atoms with Crippen molar-refractivity contribution in [2.45, 2.75) is 30.2 Å². The maximum atomic E-state index is 12.7. The Bertz CT molecular complexity index is 1140. The molecule has 2 N–H and O–H groups in total. The van der Waals surface area contributed by atoms with Crippen LogP contribution in [0.4, 0.5) is 0 Å². The number of hydrogen-bond donors (Lipinski definition) is 2. The Morgan fingerprint density at radius 3 is 2.40 bits per heavy atom. The first-order valence-electron chi connectivity index (χ1n) is 8.93. The first-order valence-corrected chi connectivity index (χ1v) is 10.1. The number of benzene rings is 2. The van der Waals surface area contributed by atoms with Crippen LogP contribution in [0.15, 0.2) is 64.6 Å². The molecule has 0 saturated heterocycles. The van der Waals surface area contributed by atoms with Gasteiger partial charge in [-0.2, -0.15) is 0 Å². The fraction of sp³-hybridized carbons (Fsp3) is 0.136. The van der Waals surface area contributed by atoms with Crippen LogP contribution in [0.2, 0.25) is 0 Å². The fourth-order valence-electron chi connectivity index (χ4n) is 2.77. The third-order valence-corrected chi connectivity index (χ3v) is 5.82. The Balaban J connectivity index is 1.72. The standard InChI is InChI=1S/C22H19NO6S/c1-13-20(8-7-19(14(2)24)21(13)25)29-12-15-3-5-17(6-4-15)30(28)18-9-16(22(26)27)10-23-11-18/h3-11,25H,12H2,1-2H3,(H,26,27). The minimum absolute atomic E-state index is 0.0275. The number of carboxylic acids is 1. The van der Waals surface area contributed by atoms with E-state index in [0.29, 0.717) is 21.1 Å². The van der Waals surface area contributed by atoms with Crippen LogP contribution in [0.3, 0.4) is 0 Å². The van der Waals surface area contributed by atoms with Gasteiger partial charge in [-0.1, -0.05) is 12.1 Å². The Kier molecular flexibility index (Phi) is 6.27. The number of carbonyl (C=O) groups excluding carboxylic acids is 1. The van der Waals surface area contributed by atoms with Crippen molar-refractivity contribution < 1.29 is 28.7 Å². The average molecular weight is 425 g/mol. The molecule has 0 aliphatic rings. The van der Waals surface area contributed by atoms with Crippen LogP contribution in [0.5, 0.6) is 11.5 Å². The molecule has 2 aromatic carbocycles. The first-order chi connectivity index (χ1) is 14.3. The molecule has 3 aromatic rings. The smallest absolute Gasteiger partial charge is 0.337 e. The number of aromatic nitrogens is 1. The summed E-state index contributed by atoms with van der Waals surface area (Å²) in [6, 6.07) is 11.3. The number of hydrogen-bond acceptors (Lipinski definition) is 6. The van der Waals surface area contributed by atoms with Gasteiger partial charge in [0.15, 0.2) is 5.78 Å². The number of aromatic hydroxyl groups is 1. The third-order valence-electron chi connectivity index (χ3n) is 4.47. The van der Waals surface area contributed by atoms with Crippen molar-refractivity contribution in [3.63, 3.8) is 0 Å². The van der Waals surface area contributed by atoms with Crippen LogP contribution >= 0.6 is 0 Å². The van der Waals surface area contributed by atoms with E-state index in [1.54, 1.807) is 37.3 Å². The van der Waals surface area contributed by atoms with E-state index in [1.165, 1.54) is 31.5 Å². The minimum atomic E-state index is -1.57. The third kappa shape index (κ3) is 4.55. The molecule has 154 valence electrons. The molecule has 0 amide bonds. The minimum Gasteiger partial charge on any atom is -0.507 e. The summed E-state index contributed by atoms with van der Waals surface area (Å²) >= 11 is 0. The Labute approximate surface area is 175 Å². The summed E-state index contributed by atoms with van der Waals surface area (Å²) in [7, 11) is -1.57. The fourth-order valence-corrected chi connectivity index (χ4v) is 3.81. The van der Waals surface area contributed by atoms with E-state index >= 15 is 0 Å². The number of pyridine rings is 1. The Hall–Kier alpha value is -3.52. The van der Waals surface area contributed by atoms with E-state index in [1.807, 2.05) is 0 Å². The molecule has 0 aliphatic carbocycles. The van der Waals surface area contributed by atoms with Gasteiger partial charge in [0.05, 0.1) is 26.8 Å². The van der Waals surface area contributed by atoms with Gasteiger partial charge in [0.2, 0.25) is 0 Å². The summed E-state index contributed by atoms with van der Waals surface area (Å²) in [5.74, 6) is -0.994. The molecule has 1 unspecified atom stereocenters. The number of Topliss-reactive ketones (excluding diaryl/α,β-unsaturated/α-hetero) is 1. The molecule has 0 spiro atoms. The number of nitrogens with zero attached hydrogens (tertiary/aromatic N) is 1. The number of carbonyl (C=O) groups is 2. The Morgan fingerprint density at radius 1 is 1.07 bits per heavy atom. The zero-order valence-electron chi connectivity index (χ0n) is 16.3. The number of aromatic carboxylic acids is 1. The van der Waals surface area contributed by atoms with Crippen molar-refractivity contribution in [2.75, 3.05) is 0 Å². The molecule has 7 nitrogen and oxygen atoms in total. The summed E-state index contributed by atoms with van der Waals surface area (Å²) in [6.45, 7) is 3.26. The van der Waals surface area contributed by atoms with E-state index in [4.69, 9.17) is 9.84 Å². The van der Waals surface area contributed by atoms with Gasteiger partial charge in [-0.05, 0) is 49.7 Å². The number of carboxylic acid groups (broad SMARTS) is 1. The summed E-state index contributed by atoms with van der Waals surface area (Å²) in [6.07, 6.45) is 2.58. The van der Waals surface area contributed by atoms with Crippen LogP contribution < -0.4 is 4.74 Å². The zero-order valence-corrected chi connectivity index (χ0v) is 17.1. The number of ether oxygens (including phenoxy) is 1.